The molecule has 130 valence electrons. The number of halogens is 3. The number of carbonyl (C=O) groups is 1. The highest BCUT2D eigenvalue weighted by Crippen LogP contribution is 2.33. The van der Waals surface area contributed by atoms with Gasteiger partial charge in [0.1, 0.15) is 0 Å². The molecule has 0 atom stereocenters. The molecule has 0 saturated carbocycles. The van der Waals surface area contributed by atoms with Gasteiger partial charge in [-0.05, 0) is 38.5 Å². The van der Waals surface area contributed by atoms with E-state index in [1.165, 1.54) is 4.90 Å². The molecule has 0 N–H and O–H groups in total. The molecule has 24 heavy (non-hydrogen) atoms. The van der Waals surface area contributed by atoms with E-state index in [0.29, 0.717) is 5.69 Å². The summed E-state index contributed by atoms with van der Waals surface area (Å²) in [5.41, 5.74) is 1.69. The quantitative estimate of drug-likeness (QED) is 0.817. The van der Waals surface area contributed by atoms with Crippen molar-refractivity contribution in [3.8, 4) is 5.19 Å². The van der Waals surface area contributed by atoms with Crippen LogP contribution in [0.1, 0.15) is 24.4 Å². The zero-order chi connectivity index (χ0) is 17.9. The zero-order valence-corrected chi connectivity index (χ0v) is 14.1. The third-order valence-corrected chi connectivity index (χ3v) is 3.91. The Kier molecular flexibility index (Phi) is 5.43. The van der Waals surface area contributed by atoms with Crippen molar-refractivity contribution in [2.24, 2.45) is 0 Å². The minimum Gasteiger partial charge on any atom is -0.459 e. The molecule has 0 saturated heterocycles. The van der Waals surface area contributed by atoms with E-state index in [1.54, 1.807) is 6.07 Å². The lowest BCUT2D eigenvalue weighted by atomic mass is 10.2. The lowest BCUT2D eigenvalue weighted by Crippen LogP contribution is -2.40. The van der Waals surface area contributed by atoms with Gasteiger partial charge in [-0.25, -0.2) is 0 Å². The first-order valence-electron chi connectivity index (χ1n) is 7.10. The first kappa shape index (κ1) is 18.2. The van der Waals surface area contributed by atoms with Crippen LogP contribution in [0.4, 0.5) is 18.9 Å². The third-order valence-electron chi connectivity index (χ3n) is 3.03. The predicted octanol–water partition coefficient (Wildman–Crippen LogP) is 3.69. The van der Waals surface area contributed by atoms with Gasteiger partial charge in [-0.15, -0.1) is 5.10 Å². The molecule has 0 aliphatic rings. The standard InChI is InChI=1S/C15H16F3N3O2S/c1-9(2)21(11-6-4-5-10(3)7-11)12(22)8-23-14-20-19-13(24-14)15(16,17)18/h4-7,9H,8H2,1-3H3. The number of hydrogen-bond donors (Lipinski definition) is 0. The number of benzene rings is 1. The molecule has 9 heteroatoms. The van der Waals surface area contributed by atoms with Gasteiger partial charge in [0.25, 0.3) is 11.1 Å². The minimum absolute atomic E-state index is 0.136. The third kappa shape index (κ3) is 4.44. The maximum Gasteiger partial charge on any atom is 0.445 e. The van der Waals surface area contributed by atoms with Crippen molar-refractivity contribution in [1.82, 2.24) is 10.2 Å². The van der Waals surface area contributed by atoms with Crippen molar-refractivity contribution in [2.45, 2.75) is 33.0 Å². The smallest absolute Gasteiger partial charge is 0.445 e. The number of ether oxygens (including phenoxy) is 1. The van der Waals surface area contributed by atoms with Crippen LogP contribution in [-0.4, -0.2) is 28.8 Å². The average molecular weight is 359 g/mol. The number of carbonyl (C=O) groups excluding carboxylic acids is 1. The largest absolute Gasteiger partial charge is 0.459 e. The Hall–Kier alpha value is -2.16. The molecular weight excluding hydrogens is 343 g/mol. The van der Waals surface area contributed by atoms with Crippen molar-refractivity contribution < 1.29 is 22.7 Å². The summed E-state index contributed by atoms with van der Waals surface area (Å²) in [5.74, 6) is -0.376. The Balaban J connectivity index is 2.08. The zero-order valence-electron chi connectivity index (χ0n) is 13.3. The predicted molar refractivity (Wildman–Crippen MR) is 84.2 cm³/mol. The Morgan fingerprint density at radius 1 is 1.33 bits per heavy atom. The number of nitrogens with zero attached hydrogens (tertiary/aromatic N) is 3. The summed E-state index contributed by atoms with van der Waals surface area (Å²) in [5, 5.41) is 4.91. The van der Waals surface area contributed by atoms with Gasteiger partial charge in [0.15, 0.2) is 6.61 Å². The summed E-state index contributed by atoms with van der Waals surface area (Å²) in [6.45, 7) is 5.17. The molecule has 0 aliphatic heterocycles. The molecule has 5 nitrogen and oxygen atoms in total. The van der Waals surface area contributed by atoms with Gasteiger partial charge in [-0.2, -0.15) is 13.2 Å². The number of rotatable bonds is 5. The summed E-state index contributed by atoms with van der Waals surface area (Å²) in [4.78, 5) is 13.9. The maximum atomic E-state index is 12.5. The fourth-order valence-electron chi connectivity index (χ4n) is 2.08. The van der Waals surface area contributed by atoms with Crippen molar-refractivity contribution in [3.05, 3.63) is 34.8 Å². The molecule has 2 aromatic rings. The van der Waals surface area contributed by atoms with Crippen LogP contribution < -0.4 is 9.64 Å². The van der Waals surface area contributed by atoms with Gasteiger partial charge in [-0.1, -0.05) is 28.6 Å². The molecule has 1 amide bonds. The second-order valence-electron chi connectivity index (χ2n) is 5.36. The van der Waals surface area contributed by atoms with Crippen LogP contribution in [0.5, 0.6) is 5.19 Å². The van der Waals surface area contributed by atoms with Gasteiger partial charge in [0.2, 0.25) is 5.01 Å². The van der Waals surface area contributed by atoms with Crippen molar-refractivity contribution in [3.63, 3.8) is 0 Å². The molecule has 0 spiro atoms. The van der Waals surface area contributed by atoms with Gasteiger partial charge in [0.05, 0.1) is 0 Å². The fraction of sp³-hybridized carbons (Fsp3) is 0.400. The Morgan fingerprint density at radius 3 is 2.58 bits per heavy atom. The van der Waals surface area contributed by atoms with Crippen molar-refractivity contribution in [2.75, 3.05) is 11.5 Å². The van der Waals surface area contributed by atoms with E-state index in [9.17, 15) is 18.0 Å². The summed E-state index contributed by atoms with van der Waals surface area (Å²) >= 11 is 0.260. The number of anilines is 1. The molecule has 0 bridgehead atoms. The van der Waals surface area contributed by atoms with Gasteiger partial charge in [0, 0.05) is 11.7 Å². The number of aromatic nitrogens is 2. The molecule has 0 radical (unpaired) electrons. The maximum absolute atomic E-state index is 12.5. The number of aryl methyl sites for hydroxylation is 1. The van der Waals surface area contributed by atoms with E-state index in [-0.39, 0.29) is 28.5 Å². The van der Waals surface area contributed by atoms with Crippen LogP contribution in [0.25, 0.3) is 0 Å². The highest BCUT2D eigenvalue weighted by atomic mass is 32.1. The fourth-order valence-corrected chi connectivity index (χ4v) is 2.65. The molecule has 0 unspecified atom stereocenters. The molecule has 0 fully saturated rings. The lowest BCUT2D eigenvalue weighted by Gasteiger charge is -2.27. The number of alkyl halides is 3. The van der Waals surface area contributed by atoms with E-state index in [1.807, 2.05) is 39.0 Å². The van der Waals surface area contributed by atoms with Crippen LogP contribution in [0, 0.1) is 6.92 Å². The van der Waals surface area contributed by atoms with E-state index in [2.05, 4.69) is 10.2 Å². The van der Waals surface area contributed by atoms with Crippen molar-refractivity contribution >= 4 is 22.9 Å². The minimum atomic E-state index is -4.57. The lowest BCUT2D eigenvalue weighted by molar-refractivity contribution is -0.138. The van der Waals surface area contributed by atoms with Gasteiger partial charge >= 0.3 is 6.18 Å². The van der Waals surface area contributed by atoms with E-state index in [0.717, 1.165) is 5.56 Å². The van der Waals surface area contributed by atoms with Crippen LogP contribution >= 0.6 is 11.3 Å². The molecule has 1 heterocycles. The van der Waals surface area contributed by atoms with Gasteiger partial charge in [-0.3, -0.25) is 4.79 Å². The van der Waals surface area contributed by atoms with E-state index >= 15 is 0 Å². The number of hydrogen-bond acceptors (Lipinski definition) is 5. The first-order valence-corrected chi connectivity index (χ1v) is 7.92. The molecule has 2 rings (SSSR count). The van der Waals surface area contributed by atoms with E-state index < -0.39 is 17.8 Å². The average Bonchev–Trinajstić information content (AvgIpc) is 2.94. The topological polar surface area (TPSA) is 55.3 Å². The second kappa shape index (κ2) is 7.16. The molecule has 1 aromatic carbocycles. The monoisotopic (exact) mass is 359 g/mol. The highest BCUT2D eigenvalue weighted by molar-refractivity contribution is 7.13. The molecule has 1 aromatic heterocycles. The first-order chi connectivity index (χ1) is 11.2. The molecular formula is C15H16F3N3O2S. The van der Waals surface area contributed by atoms with E-state index in [4.69, 9.17) is 4.74 Å². The number of amides is 1. The SMILES string of the molecule is Cc1cccc(N(C(=O)COc2nnc(C(F)(F)F)s2)C(C)C)c1. The summed E-state index contributed by atoms with van der Waals surface area (Å²) in [6.07, 6.45) is -4.57. The Labute approximate surface area is 141 Å². The second-order valence-corrected chi connectivity index (χ2v) is 6.30. The van der Waals surface area contributed by atoms with Crippen molar-refractivity contribution in [1.29, 1.82) is 0 Å². The Morgan fingerprint density at radius 2 is 2.04 bits per heavy atom. The summed E-state index contributed by atoms with van der Waals surface area (Å²) < 4.78 is 42.5. The normalized spacial score (nSPS) is 11.6. The Bertz CT molecular complexity index is 716. The van der Waals surface area contributed by atoms with Crippen LogP contribution in [-0.2, 0) is 11.0 Å². The highest BCUT2D eigenvalue weighted by Gasteiger charge is 2.36. The van der Waals surface area contributed by atoms with Crippen LogP contribution in [0.2, 0.25) is 0 Å². The van der Waals surface area contributed by atoms with Crippen LogP contribution in [0.15, 0.2) is 24.3 Å². The summed E-state index contributed by atoms with van der Waals surface area (Å²) in [6, 6.07) is 7.24. The summed E-state index contributed by atoms with van der Waals surface area (Å²) in [7, 11) is 0. The molecule has 0 aliphatic carbocycles. The van der Waals surface area contributed by atoms with Gasteiger partial charge < -0.3 is 9.64 Å². The van der Waals surface area contributed by atoms with Crippen LogP contribution in [0.3, 0.4) is 0 Å².